The highest BCUT2D eigenvalue weighted by atomic mass is 19.1. The summed E-state index contributed by atoms with van der Waals surface area (Å²) in [5.41, 5.74) is -0.240. The quantitative estimate of drug-likeness (QED) is 0.325. The number of hydrogen-bond donors (Lipinski definition) is 1. The van der Waals surface area contributed by atoms with Crippen LogP contribution in [0, 0.1) is 24.0 Å². The van der Waals surface area contributed by atoms with Crippen molar-refractivity contribution < 1.29 is 18.6 Å². The molecule has 4 bridgehead atoms. The number of aliphatic hydroxyl groups is 1. The Morgan fingerprint density at radius 1 is 0.978 bits per heavy atom. The van der Waals surface area contributed by atoms with Gasteiger partial charge in [-0.1, -0.05) is 12.0 Å². The largest absolute Gasteiger partial charge is 0.386 e. The summed E-state index contributed by atoms with van der Waals surface area (Å²) >= 11 is 0. The number of ether oxygens (including phenoxy) is 1. The molecular weight excluding hydrogens is 574 g/mol. The smallest absolute Gasteiger partial charge is 0.228 e. The van der Waals surface area contributed by atoms with Crippen LogP contribution >= 0.6 is 0 Å². The second kappa shape index (κ2) is 10.3. The zero-order valence-corrected chi connectivity index (χ0v) is 25.7. The standard InChI is InChI=1S/C35H36F2N6O2/c1-5-25-28(36)11-6-19-12-20(35(2,3)44)13-26(29(19)25)31-30(37)32-27(14-38-31)33(42-17-23-9-10-24(18-42)45-23)40-34(39-32)43-15-21-7-8-22(16-43)41(21)4/h1,6,11-14,21-24,44H,7-10,15-18H2,2-4H3/t21?,22?,23-,24+. The molecule has 8 rings (SSSR count). The Morgan fingerprint density at radius 3 is 2.36 bits per heavy atom. The van der Waals surface area contributed by atoms with Gasteiger partial charge in [-0.05, 0) is 75.7 Å². The number of anilines is 2. The molecule has 4 aromatic rings. The molecule has 4 atom stereocenters. The number of nitrogens with zero attached hydrogens (tertiary/aromatic N) is 6. The number of halogens is 2. The molecule has 4 fully saturated rings. The lowest BCUT2D eigenvalue weighted by Crippen LogP contribution is -2.52. The molecule has 4 saturated heterocycles. The number of terminal acetylenes is 1. The van der Waals surface area contributed by atoms with E-state index in [4.69, 9.17) is 21.1 Å². The van der Waals surface area contributed by atoms with E-state index in [-0.39, 0.29) is 29.0 Å². The molecule has 45 heavy (non-hydrogen) atoms. The first-order chi connectivity index (χ1) is 21.6. The van der Waals surface area contributed by atoms with E-state index in [0.29, 0.717) is 64.2 Å². The van der Waals surface area contributed by atoms with Gasteiger partial charge in [-0.2, -0.15) is 4.98 Å². The zero-order valence-electron chi connectivity index (χ0n) is 25.7. The van der Waals surface area contributed by atoms with Crippen LogP contribution < -0.4 is 9.80 Å². The summed E-state index contributed by atoms with van der Waals surface area (Å²) in [4.78, 5) is 21.4. The number of piperazine rings is 1. The van der Waals surface area contributed by atoms with Gasteiger partial charge in [0.05, 0.1) is 28.8 Å². The van der Waals surface area contributed by atoms with Gasteiger partial charge in [-0.25, -0.2) is 13.8 Å². The third-order valence-corrected chi connectivity index (χ3v) is 10.3. The van der Waals surface area contributed by atoms with Gasteiger partial charge in [0.1, 0.15) is 22.8 Å². The fourth-order valence-electron chi connectivity index (χ4n) is 7.79. The molecule has 2 unspecified atom stereocenters. The van der Waals surface area contributed by atoms with Crippen molar-refractivity contribution in [2.45, 2.75) is 69.4 Å². The van der Waals surface area contributed by atoms with E-state index in [9.17, 15) is 5.11 Å². The normalized spacial score (nSPS) is 25.0. The Bertz CT molecular complexity index is 1880. The Hall–Kier alpha value is -3.91. The first-order valence-corrected chi connectivity index (χ1v) is 15.8. The van der Waals surface area contributed by atoms with Crippen molar-refractivity contribution in [2.24, 2.45) is 0 Å². The van der Waals surface area contributed by atoms with E-state index in [1.165, 1.54) is 6.07 Å². The summed E-state index contributed by atoms with van der Waals surface area (Å²) in [6.45, 7) is 6.19. The molecule has 232 valence electrons. The molecule has 2 aromatic carbocycles. The molecule has 0 spiro atoms. The van der Waals surface area contributed by atoms with Gasteiger partial charge < -0.3 is 19.6 Å². The van der Waals surface area contributed by atoms with Crippen LogP contribution in [0.3, 0.4) is 0 Å². The highest BCUT2D eigenvalue weighted by Gasteiger charge is 2.40. The third kappa shape index (κ3) is 4.63. The van der Waals surface area contributed by atoms with Gasteiger partial charge in [-0.15, -0.1) is 6.42 Å². The molecule has 1 N–H and O–H groups in total. The van der Waals surface area contributed by atoms with Crippen molar-refractivity contribution in [3.8, 4) is 23.6 Å². The molecule has 4 aliphatic heterocycles. The molecule has 2 aromatic heterocycles. The van der Waals surface area contributed by atoms with Gasteiger partial charge in [0.15, 0.2) is 5.82 Å². The van der Waals surface area contributed by atoms with Crippen LogP contribution in [-0.2, 0) is 10.3 Å². The number of fused-ring (bicyclic) bond motifs is 6. The average molecular weight is 611 g/mol. The highest BCUT2D eigenvalue weighted by Crippen LogP contribution is 2.41. The topological polar surface area (TPSA) is 77.9 Å². The number of morpholine rings is 1. The lowest BCUT2D eigenvalue weighted by Gasteiger charge is -2.39. The van der Waals surface area contributed by atoms with Crippen LogP contribution in [0.25, 0.3) is 32.9 Å². The van der Waals surface area contributed by atoms with Crippen LogP contribution in [0.5, 0.6) is 0 Å². The molecule has 0 aliphatic carbocycles. The van der Waals surface area contributed by atoms with Crippen LogP contribution in [0.4, 0.5) is 20.5 Å². The van der Waals surface area contributed by atoms with E-state index in [1.54, 1.807) is 38.2 Å². The first kappa shape index (κ1) is 28.6. The van der Waals surface area contributed by atoms with Gasteiger partial charge >= 0.3 is 0 Å². The summed E-state index contributed by atoms with van der Waals surface area (Å²) in [6.07, 6.45) is 11.9. The summed E-state index contributed by atoms with van der Waals surface area (Å²) in [6, 6.07) is 7.10. The van der Waals surface area contributed by atoms with Gasteiger partial charge in [-0.3, -0.25) is 9.88 Å². The van der Waals surface area contributed by atoms with Crippen molar-refractivity contribution >= 4 is 33.4 Å². The number of aromatic nitrogens is 3. The van der Waals surface area contributed by atoms with E-state index in [2.05, 4.69) is 32.7 Å². The zero-order chi connectivity index (χ0) is 31.2. The minimum atomic E-state index is -1.25. The average Bonchev–Trinajstić information content (AvgIpc) is 3.44. The van der Waals surface area contributed by atoms with Crippen molar-refractivity contribution in [2.75, 3.05) is 43.0 Å². The van der Waals surface area contributed by atoms with E-state index >= 15 is 8.78 Å². The van der Waals surface area contributed by atoms with Crippen LogP contribution in [-0.4, -0.2) is 82.5 Å². The molecule has 8 nitrogen and oxygen atoms in total. The van der Waals surface area contributed by atoms with Crippen LogP contribution in [0.2, 0.25) is 0 Å². The van der Waals surface area contributed by atoms with Gasteiger partial charge in [0, 0.05) is 55.4 Å². The monoisotopic (exact) mass is 610 g/mol. The minimum Gasteiger partial charge on any atom is -0.386 e. The van der Waals surface area contributed by atoms with Gasteiger partial charge in [0.25, 0.3) is 0 Å². The van der Waals surface area contributed by atoms with Gasteiger partial charge in [0.2, 0.25) is 5.95 Å². The Morgan fingerprint density at radius 2 is 1.69 bits per heavy atom. The predicted octanol–water partition coefficient (Wildman–Crippen LogP) is 4.98. The fraction of sp³-hybridized carbons (Fsp3) is 0.457. The molecule has 4 aliphatic rings. The minimum absolute atomic E-state index is 0.00297. The van der Waals surface area contributed by atoms with E-state index in [0.717, 1.165) is 38.8 Å². The summed E-state index contributed by atoms with van der Waals surface area (Å²) < 4.78 is 38.2. The maximum atomic E-state index is 17.1. The second-order valence-corrected chi connectivity index (χ2v) is 13.6. The predicted molar refractivity (Wildman–Crippen MR) is 170 cm³/mol. The Labute approximate surface area is 261 Å². The first-order valence-electron chi connectivity index (χ1n) is 15.8. The van der Waals surface area contributed by atoms with E-state index < -0.39 is 17.2 Å². The molecule has 0 amide bonds. The van der Waals surface area contributed by atoms with E-state index in [1.807, 2.05) is 0 Å². The maximum absolute atomic E-state index is 17.1. The highest BCUT2D eigenvalue weighted by molar-refractivity contribution is 6.02. The molecule has 6 heterocycles. The molecule has 0 saturated carbocycles. The SMILES string of the molecule is C#Cc1c(F)ccc2cc(C(C)(C)O)cc(-c3ncc4c(N5C[C@H]6CC[C@@H](C5)O6)nc(N5CC6CCC(C5)N6C)nc4c3F)c12. The Kier molecular flexibility index (Phi) is 6.54. The number of hydrogen-bond acceptors (Lipinski definition) is 8. The molecular formula is C35H36F2N6O2. The fourth-order valence-corrected chi connectivity index (χ4v) is 7.79. The number of likely N-dealkylation sites (N-methyl/N-ethyl adjacent to an activating group) is 1. The van der Waals surface area contributed by atoms with Crippen molar-refractivity contribution in [3.63, 3.8) is 0 Å². The summed E-state index contributed by atoms with van der Waals surface area (Å²) in [7, 11) is 2.17. The summed E-state index contributed by atoms with van der Waals surface area (Å²) in [5.74, 6) is 2.40. The number of rotatable bonds is 4. The van der Waals surface area contributed by atoms with Crippen molar-refractivity contribution in [1.29, 1.82) is 0 Å². The molecule has 10 heteroatoms. The lowest BCUT2D eigenvalue weighted by molar-refractivity contribution is 0.0303. The second-order valence-electron chi connectivity index (χ2n) is 13.6. The number of pyridine rings is 1. The summed E-state index contributed by atoms with van der Waals surface area (Å²) in [5, 5.41) is 12.4. The van der Waals surface area contributed by atoms with Crippen LogP contribution in [0.15, 0.2) is 30.5 Å². The van der Waals surface area contributed by atoms with Crippen molar-refractivity contribution in [3.05, 3.63) is 53.2 Å². The molecule has 0 radical (unpaired) electrons. The maximum Gasteiger partial charge on any atom is 0.228 e. The lowest BCUT2D eigenvalue weighted by atomic mass is 9.89. The third-order valence-electron chi connectivity index (χ3n) is 10.3. The van der Waals surface area contributed by atoms with Crippen LogP contribution in [0.1, 0.15) is 50.7 Å². The van der Waals surface area contributed by atoms with Crippen molar-refractivity contribution in [1.82, 2.24) is 19.9 Å². The number of benzene rings is 2. The Balaban J connectivity index is 1.35.